The monoisotopic (exact) mass is 305 g/mol. The minimum Gasteiger partial charge on any atom is -0.398 e. The van der Waals surface area contributed by atoms with E-state index < -0.39 is 16.1 Å². The van der Waals surface area contributed by atoms with Crippen LogP contribution in [0.25, 0.3) is 0 Å². The van der Waals surface area contributed by atoms with Gasteiger partial charge in [-0.05, 0) is 29.7 Å². The molecule has 0 radical (unpaired) electrons. The van der Waals surface area contributed by atoms with E-state index in [4.69, 9.17) is 5.73 Å². The van der Waals surface area contributed by atoms with Crippen LogP contribution in [-0.2, 0) is 10.0 Å². The molecular formula is C15H19N3O2S. The number of sulfonamides is 1. The molecule has 0 aliphatic carbocycles. The number of rotatable bonds is 5. The van der Waals surface area contributed by atoms with Gasteiger partial charge in [-0.2, -0.15) is 0 Å². The number of aromatic nitrogens is 1. The molecule has 5 nitrogen and oxygen atoms in total. The number of nitrogens with two attached hydrogens (primary N) is 1. The highest BCUT2D eigenvalue weighted by Gasteiger charge is 2.25. The number of hydrogen-bond donors (Lipinski definition) is 2. The molecule has 112 valence electrons. The average molecular weight is 305 g/mol. The van der Waals surface area contributed by atoms with Gasteiger partial charge in [-0.3, -0.25) is 4.98 Å². The van der Waals surface area contributed by atoms with Crippen LogP contribution in [-0.4, -0.2) is 13.4 Å². The molecule has 3 N–H and O–H groups in total. The zero-order valence-electron chi connectivity index (χ0n) is 12.0. The maximum Gasteiger partial charge on any atom is 0.242 e. The molecule has 2 rings (SSSR count). The molecule has 0 aliphatic rings. The Balaban J connectivity index is 2.36. The minimum atomic E-state index is -3.64. The number of nitrogens with zero attached hydrogens (tertiary/aromatic N) is 1. The van der Waals surface area contributed by atoms with E-state index in [9.17, 15) is 8.42 Å². The first kappa shape index (κ1) is 15.5. The van der Waals surface area contributed by atoms with Crippen LogP contribution in [0.3, 0.4) is 0 Å². The molecule has 1 heterocycles. The van der Waals surface area contributed by atoms with Crippen molar-refractivity contribution >= 4 is 15.7 Å². The van der Waals surface area contributed by atoms with Gasteiger partial charge in [0, 0.05) is 18.1 Å². The average Bonchev–Trinajstić information content (AvgIpc) is 2.46. The van der Waals surface area contributed by atoms with Gasteiger partial charge >= 0.3 is 0 Å². The summed E-state index contributed by atoms with van der Waals surface area (Å²) in [5, 5.41) is 0. The number of benzene rings is 1. The number of anilines is 1. The van der Waals surface area contributed by atoms with Crippen LogP contribution in [0, 0.1) is 5.92 Å². The lowest BCUT2D eigenvalue weighted by Gasteiger charge is -2.24. The summed E-state index contributed by atoms with van der Waals surface area (Å²) in [7, 11) is -3.64. The van der Waals surface area contributed by atoms with Crippen molar-refractivity contribution in [2.45, 2.75) is 24.8 Å². The van der Waals surface area contributed by atoms with Crippen LogP contribution in [0.15, 0.2) is 53.7 Å². The number of para-hydroxylation sites is 1. The molecule has 1 unspecified atom stereocenters. The topological polar surface area (TPSA) is 85.1 Å². The van der Waals surface area contributed by atoms with E-state index >= 15 is 0 Å². The summed E-state index contributed by atoms with van der Waals surface area (Å²) in [6.45, 7) is 3.89. The Labute approximate surface area is 125 Å². The Morgan fingerprint density at radius 1 is 1.14 bits per heavy atom. The first-order chi connectivity index (χ1) is 9.92. The summed E-state index contributed by atoms with van der Waals surface area (Å²) in [6, 6.07) is 9.99. The molecular weight excluding hydrogens is 286 g/mol. The van der Waals surface area contributed by atoms with Crippen molar-refractivity contribution < 1.29 is 8.42 Å². The van der Waals surface area contributed by atoms with Gasteiger partial charge in [-0.15, -0.1) is 0 Å². The molecule has 0 fully saturated rings. The van der Waals surface area contributed by atoms with Crippen molar-refractivity contribution in [2.24, 2.45) is 5.92 Å². The van der Waals surface area contributed by atoms with Crippen molar-refractivity contribution in [1.29, 1.82) is 0 Å². The van der Waals surface area contributed by atoms with Crippen LogP contribution < -0.4 is 10.5 Å². The van der Waals surface area contributed by atoms with Crippen LogP contribution in [0.2, 0.25) is 0 Å². The smallest absolute Gasteiger partial charge is 0.242 e. The highest BCUT2D eigenvalue weighted by atomic mass is 32.2. The molecule has 1 aromatic carbocycles. The van der Waals surface area contributed by atoms with Gasteiger partial charge < -0.3 is 5.73 Å². The van der Waals surface area contributed by atoms with Crippen molar-refractivity contribution in [3.8, 4) is 0 Å². The second-order valence-corrected chi connectivity index (χ2v) is 6.87. The summed E-state index contributed by atoms with van der Waals surface area (Å²) in [5.74, 6) is 0.0566. The molecule has 0 saturated carbocycles. The summed E-state index contributed by atoms with van der Waals surface area (Å²) in [4.78, 5) is 3.99. The van der Waals surface area contributed by atoms with E-state index in [2.05, 4.69) is 9.71 Å². The highest BCUT2D eigenvalue weighted by molar-refractivity contribution is 7.89. The molecule has 0 spiro atoms. The Morgan fingerprint density at radius 2 is 1.86 bits per heavy atom. The van der Waals surface area contributed by atoms with Gasteiger partial charge in [0.15, 0.2) is 0 Å². The van der Waals surface area contributed by atoms with E-state index in [1.165, 1.54) is 18.5 Å². The summed E-state index contributed by atoms with van der Waals surface area (Å²) in [6.07, 6.45) is 2.86. The van der Waals surface area contributed by atoms with E-state index in [1.54, 1.807) is 12.1 Å². The van der Waals surface area contributed by atoms with Gasteiger partial charge in [0.05, 0.1) is 6.04 Å². The molecule has 0 bridgehead atoms. The fourth-order valence-electron chi connectivity index (χ4n) is 2.09. The van der Waals surface area contributed by atoms with Gasteiger partial charge in [0.25, 0.3) is 0 Å². The lowest BCUT2D eigenvalue weighted by atomic mass is 9.96. The van der Waals surface area contributed by atoms with Crippen LogP contribution in [0.5, 0.6) is 0 Å². The maximum atomic E-state index is 12.4. The third kappa shape index (κ3) is 3.59. The summed E-state index contributed by atoms with van der Waals surface area (Å²) < 4.78 is 27.6. The number of nitrogens with one attached hydrogen (secondary N) is 1. The largest absolute Gasteiger partial charge is 0.398 e. The fourth-order valence-corrected chi connectivity index (χ4v) is 3.42. The van der Waals surface area contributed by atoms with E-state index in [0.717, 1.165) is 5.56 Å². The zero-order chi connectivity index (χ0) is 15.5. The number of nitrogen functional groups attached to an aromatic ring is 1. The van der Waals surface area contributed by atoms with Gasteiger partial charge in [0.2, 0.25) is 10.0 Å². The molecule has 0 aliphatic heterocycles. The Kier molecular flexibility index (Phi) is 4.59. The molecule has 2 aromatic rings. The normalized spacial score (nSPS) is 13.3. The van der Waals surface area contributed by atoms with Gasteiger partial charge in [0.1, 0.15) is 4.90 Å². The summed E-state index contributed by atoms with van der Waals surface area (Å²) >= 11 is 0. The predicted octanol–water partition coefficient (Wildman–Crippen LogP) is 2.34. The third-order valence-corrected chi connectivity index (χ3v) is 4.65. The first-order valence-electron chi connectivity index (χ1n) is 6.68. The Hall–Kier alpha value is -1.92. The first-order valence-corrected chi connectivity index (χ1v) is 8.17. The van der Waals surface area contributed by atoms with Gasteiger partial charge in [-0.1, -0.05) is 32.0 Å². The summed E-state index contributed by atoms with van der Waals surface area (Å²) in [5.41, 5.74) is 7.32. The predicted molar refractivity (Wildman–Crippen MR) is 83.0 cm³/mol. The molecule has 6 heteroatoms. The maximum absolute atomic E-state index is 12.4. The van der Waals surface area contributed by atoms with Crippen LogP contribution in [0.4, 0.5) is 5.69 Å². The molecule has 0 amide bonds. The van der Waals surface area contributed by atoms with Gasteiger partial charge in [-0.25, -0.2) is 13.1 Å². The SMILES string of the molecule is CC(C)C(NS(=O)(=O)c1cccnc1)c1ccccc1N. The van der Waals surface area contributed by atoms with E-state index in [-0.39, 0.29) is 10.8 Å². The Bertz CT molecular complexity index is 700. The van der Waals surface area contributed by atoms with Crippen molar-refractivity contribution in [1.82, 2.24) is 9.71 Å². The van der Waals surface area contributed by atoms with Crippen LogP contribution >= 0.6 is 0 Å². The third-order valence-electron chi connectivity index (χ3n) is 3.22. The zero-order valence-corrected chi connectivity index (χ0v) is 12.8. The number of hydrogen-bond acceptors (Lipinski definition) is 4. The lowest BCUT2D eigenvalue weighted by molar-refractivity contribution is 0.464. The standard InChI is InChI=1S/C15H19N3O2S/c1-11(2)15(13-7-3-4-8-14(13)16)18-21(19,20)12-6-5-9-17-10-12/h3-11,15,18H,16H2,1-2H3. The fraction of sp³-hybridized carbons (Fsp3) is 0.267. The second-order valence-electron chi connectivity index (χ2n) is 5.16. The minimum absolute atomic E-state index is 0.0566. The molecule has 0 saturated heterocycles. The molecule has 1 atom stereocenters. The van der Waals surface area contributed by atoms with Crippen molar-refractivity contribution in [3.05, 3.63) is 54.4 Å². The van der Waals surface area contributed by atoms with Crippen molar-refractivity contribution in [2.75, 3.05) is 5.73 Å². The number of pyridine rings is 1. The quantitative estimate of drug-likeness (QED) is 0.830. The highest BCUT2D eigenvalue weighted by Crippen LogP contribution is 2.28. The van der Waals surface area contributed by atoms with Crippen molar-refractivity contribution in [3.63, 3.8) is 0 Å². The van der Waals surface area contributed by atoms with E-state index in [1.807, 2.05) is 32.0 Å². The molecule has 1 aromatic heterocycles. The second kappa shape index (κ2) is 6.24. The lowest BCUT2D eigenvalue weighted by Crippen LogP contribution is -2.32. The van der Waals surface area contributed by atoms with E-state index in [0.29, 0.717) is 5.69 Å². The van der Waals surface area contributed by atoms with Crippen LogP contribution in [0.1, 0.15) is 25.5 Å². The molecule has 21 heavy (non-hydrogen) atoms. The Morgan fingerprint density at radius 3 is 2.43 bits per heavy atom.